The van der Waals surface area contributed by atoms with Crippen LogP contribution in [-0.2, 0) is 0 Å². The second kappa shape index (κ2) is 8.39. The SMILES string of the molecule is COc1cc(F)cc2c1nc(N)n1nc([C@@H]3CCCN(c4cn(C(C)C(C)O)nc4C)C3)nc21. The van der Waals surface area contributed by atoms with E-state index in [2.05, 4.69) is 20.1 Å². The summed E-state index contributed by atoms with van der Waals surface area (Å²) in [6.45, 7) is 7.30. The number of nitrogens with zero attached hydrogens (tertiary/aromatic N) is 7. The third-order valence-corrected chi connectivity index (χ3v) is 6.70. The number of nitrogen functional groups attached to an aromatic ring is 1. The van der Waals surface area contributed by atoms with E-state index in [1.165, 1.54) is 23.8 Å². The molecule has 11 heteroatoms. The third-order valence-electron chi connectivity index (χ3n) is 6.70. The molecule has 0 amide bonds. The molecule has 3 aromatic heterocycles. The molecular weight excluding hydrogens is 439 g/mol. The molecule has 0 spiro atoms. The summed E-state index contributed by atoms with van der Waals surface area (Å²) in [5, 5.41) is 19.7. The molecule has 180 valence electrons. The highest BCUT2D eigenvalue weighted by Gasteiger charge is 2.28. The molecule has 10 nitrogen and oxygen atoms in total. The average Bonchev–Trinajstić information content (AvgIpc) is 3.44. The Morgan fingerprint density at radius 1 is 1.24 bits per heavy atom. The smallest absolute Gasteiger partial charge is 0.223 e. The molecular formula is C23H29FN8O2. The van der Waals surface area contributed by atoms with Gasteiger partial charge in [0, 0.05) is 31.3 Å². The van der Waals surface area contributed by atoms with Gasteiger partial charge in [-0.1, -0.05) is 0 Å². The van der Waals surface area contributed by atoms with E-state index >= 15 is 0 Å². The number of ether oxygens (including phenoxy) is 1. The number of aliphatic hydroxyl groups excluding tert-OH is 1. The minimum absolute atomic E-state index is 0.0653. The van der Waals surface area contributed by atoms with Crippen LogP contribution in [0.4, 0.5) is 16.0 Å². The largest absolute Gasteiger partial charge is 0.494 e. The maximum Gasteiger partial charge on any atom is 0.223 e. The molecule has 1 aliphatic rings. The second-order valence-corrected chi connectivity index (χ2v) is 9.03. The maximum absolute atomic E-state index is 14.2. The summed E-state index contributed by atoms with van der Waals surface area (Å²) in [7, 11) is 1.47. The van der Waals surface area contributed by atoms with Crippen molar-refractivity contribution in [1.82, 2.24) is 29.4 Å². The zero-order chi connectivity index (χ0) is 24.1. The van der Waals surface area contributed by atoms with Gasteiger partial charge in [0.05, 0.1) is 36.0 Å². The van der Waals surface area contributed by atoms with Gasteiger partial charge in [0.1, 0.15) is 17.1 Å². The van der Waals surface area contributed by atoms with Crippen LogP contribution in [0.15, 0.2) is 18.3 Å². The predicted molar refractivity (Wildman–Crippen MR) is 127 cm³/mol. The molecule has 4 aromatic rings. The van der Waals surface area contributed by atoms with E-state index in [1.54, 1.807) is 6.92 Å². The summed E-state index contributed by atoms with van der Waals surface area (Å²) in [5.74, 6) is 0.747. The van der Waals surface area contributed by atoms with Gasteiger partial charge >= 0.3 is 0 Å². The van der Waals surface area contributed by atoms with E-state index in [-0.39, 0.29) is 17.9 Å². The zero-order valence-electron chi connectivity index (χ0n) is 19.7. The topological polar surface area (TPSA) is 120 Å². The van der Waals surface area contributed by atoms with Gasteiger partial charge in [-0.2, -0.15) is 9.61 Å². The van der Waals surface area contributed by atoms with E-state index in [0.29, 0.717) is 28.1 Å². The van der Waals surface area contributed by atoms with Crippen LogP contribution in [0.3, 0.4) is 0 Å². The fourth-order valence-corrected chi connectivity index (χ4v) is 4.63. The van der Waals surface area contributed by atoms with Crippen molar-refractivity contribution in [3.05, 3.63) is 35.7 Å². The molecule has 1 aliphatic heterocycles. The first kappa shape index (κ1) is 22.3. The van der Waals surface area contributed by atoms with E-state index in [9.17, 15) is 9.50 Å². The standard InChI is InChI=1S/C23H29FN8O2/c1-12-18(11-31(28-12)13(2)14(3)33)30-7-5-6-15(10-30)21-27-22-17-8-16(24)9-19(34-4)20(17)26-23(25)32(22)29-21/h8-9,11,13-15,33H,5-7,10H2,1-4H3,(H2,25,26)/t13?,14?,15-/m1/s1. The van der Waals surface area contributed by atoms with E-state index in [4.69, 9.17) is 15.5 Å². The number of anilines is 2. The fourth-order valence-electron chi connectivity index (χ4n) is 4.63. The zero-order valence-corrected chi connectivity index (χ0v) is 19.7. The number of halogens is 1. The molecule has 0 aliphatic carbocycles. The summed E-state index contributed by atoms with van der Waals surface area (Å²) < 4.78 is 22.8. The number of nitrogens with two attached hydrogens (primary N) is 1. The van der Waals surface area contributed by atoms with E-state index in [1.807, 2.05) is 24.7 Å². The number of aryl methyl sites for hydroxylation is 1. The van der Waals surface area contributed by atoms with Crippen LogP contribution < -0.4 is 15.4 Å². The number of rotatable bonds is 5. The highest BCUT2D eigenvalue weighted by molar-refractivity contribution is 5.95. The van der Waals surface area contributed by atoms with Crippen molar-refractivity contribution in [3.8, 4) is 5.75 Å². The first-order valence-corrected chi connectivity index (χ1v) is 11.4. The molecule has 0 radical (unpaired) electrons. The Morgan fingerprint density at radius 2 is 2.03 bits per heavy atom. The van der Waals surface area contributed by atoms with E-state index < -0.39 is 11.9 Å². The summed E-state index contributed by atoms with van der Waals surface area (Å²) in [5.41, 5.74) is 9.05. The molecule has 5 rings (SSSR count). The van der Waals surface area contributed by atoms with Crippen molar-refractivity contribution in [2.75, 3.05) is 30.8 Å². The van der Waals surface area contributed by atoms with Crippen molar-refractivity contribution in [1.29, 1.82) is 0 Å². The van der Waals surface area contributed by atoms with Crippen molar-refractivity contribution < 1.29 is 14.2 Å². The first-order valence-electron chi connectivity index (χ1n) is 11.4. The van der Waals surface area contributed by atoms with Gasteiger partial charge in [-0.05, 0) is 39.7 Å². The molecule has 1 saturated heterocycles. The van der Waals surface area contributed by atoms with Gasteiger partial charge in [-0.15, -0.1) is 5.10 Å². The number of piperidine rings is 1. The molecule has 3 atom stereocenters. The second-order valence-electron chi connectivity index (χ2n) is 9.03. The Hall–Kier alpha value is -3.47. The normalized spacial score (nSPS) is 18.5. The quantitative estimate of drug-likeness (QED) is 0.459. The minimum atomic E-state index is -0.499. The maximum atomic E-state index is 14.2. The van der Waals surface area contributed by atoms with Gasteiger partial charge in [-0.3, -0.25) is 4.68 Å². The van der Waals surface area contributed by atoms with Crippen LogP contribution in [0.5, 0.6) is 5.75 Å². The number of hydrogen-bond acceptors (Lipinski definition) is 8. The number of fused-ring (bicyclic) bond motifs is 3. The lowest BCUT2D eigenvalue weighted by Crippen LogP contribution is -2.35. The van der Waals surface area contributed by atoms with E-state index in [0.717, 1.165) is 37.3 Å². The molecule has 1 fully saturated rings. The number of hydrogen-bond donors (Lipinski definition) is 2. The summed E-state index contributed by atoms with van der Waals surface area (Å²) in [6.07, 6.45) is 3.39. The molecule has 2 unspecified atom stereocenters. The summed E-state index contributed by atoms with van der Waals surface area (Å²) in [6, 6.07) is 2.55. The fraction of sp³-hybridized carbons (Fsp3) is 0.478. The number of benzene rings is 1. The highest BCUT2D eigenvalue weighted by atomic mass is 19.1. The Labute approximate surface area is 196 Å². The van der Waals surface area contributed by atoms with Crippen molar-refractivity contribution in [2.24, 2.45) is 0 Å². The van der Waals surface area contributed by atoms with Gasteiger partial charge < -0.3 is 20.5 Å². The number of aromatic nitrogens is 6. The van der Waals surface area contributed by atoms with Crippen LogP contribution >= 0.6 is 0 Å². The minimum Gasteiger partial charge on any atom is -0.494 e. The van der Waals surface area contributed by atoms with Crippen molar-refractivity contribution in [2.45, 2.75) is 51.7 Å². The molecule has 1 aromatic carbocycles. The van der Waals surface area contributed by atoms with Crippen LogP contribution in [0.1, 0.15) is 50.2 Å². The Balaban J connectivity index is 1.50. The molecule has 4 heterocycles. The van der Waals surface area contributed by atoms with Gasteiger partial charge in [0.25, 0.3) is 0 Å². The van der Waals surface area contributed by atoms with Crippen LogP contribution in [0, 0.1) is 12.7 Å². The lowest BCUT2D eigenvalue weighted by atomic mass is 9.97. The lowest BCUT2D eigenvalue weighted by molar-refractivity contribution is 0.132. The Kier molecular flexibility index (Phi) is 5.51. The van der Waals surface area contributed by atoms with Gasteiger partial charge in [0.2, 0.25) is 5.95 Å². The molecule has 3 N–H and O–H groups in total. The predicted octanol–water partition coefficient (Wildman–Crippen LogP) is 2.84. The first-order chi connectivity index (χ1) is 16.3. The molecule has 34 heavy (non-hydrogen) atoms. The third kappa shape index (κ3) is 3.69. The summed E-state index contributed by atoms with van der Waals surface area (Å²) in [4.78, 5) is 11.5. The molecule has 0 saturated carbocycles. The van der Waals surface area contributed by atoms with Crippen LogP contribution in [0.2, 0.25) is 0 Å². The average molecular weight is 469 g/mol. The Morgan fingerprint density at radius 3 is 2.76 bits per heavy atom. The van der Waals surface area contributed by atoms with Crippen LogP contribution in [0.25, 0.3) is 16.6 Å². The monoisotopic (exact) mass is 468 g/mol. The number of methoxy groups -OCH3 is 1. The molecule has 0 bridgehead atoms. The van der Waals surface area contributed by atoms with Crippen LogP contribution in [-0.4, -0.2) is 60.8 Å². The summed E-state index contributed by atoms with van der Waals surface area (Å²) >= 11 is 0. The van der Waals surface area contributed by atoms with Crippen molar-refractivity contribution in [3.63, 3.8) is 0 Å². The van der Waals surface area contributed by atoms with Gasteiger partial charge in [0.15, 0.2) is 11.5 Å². The Bertz CT molecular complexity index is 1360. The van der Waals surface area contributed by atoms with Gasteiger partial charge in [-0.25, -0.2) is 14.4 Å². The number of aliphatic hydroxyl groups is 1. The lowest BCUT2D eigenvalue weighted by Gasteiger charge is -2.32. The highest BCUT2D eigenvalue weighted by Crippen LogP contribution is 2.33. The van der Waals surface area contributed by atoms with Crippen molar-refractivity contribution >= 4 is 28.2 Å².